The van der Waals surface area contributed by atoms with Crippen molar-refractivity contribution in [3.63, 3.8) is 0 Å². The van der Waals surface area contributed by atoms with Crippen LogP contribution in [-0.2, 0) is 0 Å². The standard InChI is InChI=1S/C21H13BrO2/c22-16-7-3-6-15(13-16)19(23)12-11-14-5-4-9-18-17-8-1-2-10-20(17)24-21(14)18/h1-13H. The van der Waals surface area contributed by atoms with Gasteiger partial charge in [-0.3, -0.25) is 4.79 Å². The molecule has 0 N–H and O–H groups in total. The maximum atomic E-state index is 12.3. The van der Waals surface area contributed by atoms with E-state index in [0.29, 0.717) is 5.56 Å². The second kappa shape index (κ2) is 6.10. The first kappa shape index (κ1) is 14.9. The summed E-state index contributed by atoms with van der Waals surface area (Å²) in [5, 5.41) is 2.14. The molecule has 116 valence electrons. The van der Waals surface area contributed by atoms with Crippen LogP contribution in [0, 0.1) is 0 Å². The first-order chi connectivity index (χ1) is 11.7. The molecule has 0 bridgehead atoms. The highest BCUT2D eigenvalue weighted by atomic mass is 79.9. The molecule has 0 aliphatic heterocycles. The van der Waals surface area contributed by atoms with Gasteiger partial charge >= 0.3 is 0 Å². The van der Waals surface area contributed by atoms with Gasteiger partial charge in [0.1, 0.15) is 11.2 Å². The lowest BCUT2D eigenvalue weighted by Gasteiger charge is -1.98. The summed E-state index contributed by atoms with van der Waals surface area (Å²) in [6.45, 7) is 0. The summed E-state index contributed by atoms with van der Waals surface area (Å²) in [6, 6.07) is 21.3. The number of halogens is 1. The predicted molar refractivity (Wildman–Crippen MR) is 101 cm³/mol. The van der Waals surface area contributed by atoms with Crippen molar-refractivity contribution in [3.8, 4) is 0 Å². The molecule has 0 saturated carbocycles. The summed E-state index contributed by atoms with van der Waals surface area (Å²) in [7, 11) is 0. The highest BCUT2D eigenvalue weighted by Gasteiger charge is 2.09. The van der Waals surface area contributed by atoms with Crippen molar-refractivity contribution in [2.45, 2.75) is 0 Å². The number of allylic oxidation sites excluding steroid dienone is 1. The van der Waals surface area contributed by atoms with E-state index >= 15 is 0 Å². The number of furan rings is 1. The maximum absolute atomic E-state index is 12.3. The SMILES string of the molecule is O=C(C=Cc1cccc2c1oc1ccccc12)c1cccc(Br)c1. The van der Waals surface area contributed by atoms with Crippen LogP contribution in [0.5, 0.6) is 0 Å². The Labute approximate surface area is 147 Å². The van der Waals surface area contributed by atoms with Crippen LogP contribution >= 0.6 is 15.9 Å². The minimum Gasteiger partial charge on any atom is -0.455 e. The fourth-order valence-electron chi connectivity index (χ4n) is 2.80. The molecule has 0 spiro atoms. The van der Waals surface area contributed by atoms with Crippen molar-refractivity contribution in [1.29, 1.82) is 0 Å². The van der Waals surface area contributed by atoms with Crippen LogP contribution < -0.4 is 0 Å². The Balaban J connectivity index is 1.75. The van der Waals surface area contributed by atoms with Gasteiger partial charge in [-0.05, 0) is 30.4 Å². The van der Waals surface area contributed by atoms with Gasteiger partial charge < -0.3 is 4.42 Å². The van der Waals surface area contributed by atoms with E-state index in [1.807, 2.05) is 66.7 Å². The lowest BCUT2D eigenvalue weighted by molar-refractivity contribution is 0.104. The highest BCUT2D eigenvalue weighted by Crippen LogP contribution is 2.31. The highest BCUT2D eigenvalue weighted by molar-refractivity contribution is 9.10. The summed E-state index contributed by atoms with van der Waals surface area (Å²) in [6.07, 6.45) is 3.40. The van der Waals surface area contributed by atoms with Crippen molar-refractivity contribution in [1.82, 2.24) is 0 Å². The Hall–Kier alpha value is -2.65. The van der Waals surface area contributed by atoms with E-state index in [1.165, 1.54) is 0 Å². The molecule has 0 aliphatic carbocycles. The number of hydrogen-bond acceptors (Lipinski definition) is 2. The number of fused-ring (bicyclic) bond motifs is 3. The molecule has 1 heterocycles. The van der Waals surface area contributed by atoms with Crippen molar-refractivity contribution in [3.05, 3.63) is 88.4 Å². The minimum atomic E-state index is -0.0376. The summed E-state index contributed by atoms with van der Waals surface area (Å²) in [5.41, 5.74) is 3.20. The molecule has 0 atom stereocenters. The van der Waals surface area contributed by atoms with Crippen LogP contribution in [0.25, 0.3) is 28.0 Å². The van der Waals surface area contributed by atoms with Crippen LogP contribution in [0.3, 0.4) is 0 Å². The number of benzene rings is 3. The van der Waals surface area contributed by atoms with Gasteiger partial charge in [0.2, 0.25) is 0 Å². The van der Waals surface area contributed by atoms with Crippen molar-refractivity contribution in [2.75, 3.05) is 0 Å². The number of carbonyl (C=O) groups excluding carboxylic acids is 1. The normalized spacial score (nSPS) is 11.5. The molecule has 4 aromatic rings. The van der Waals surface area contributed by atoms with E-state index in [0.717, 1.165) is 32.0 Å². The summed E-state index contributed by atoms with van der Waals surface area (Å²) in [5.74, 6) is -0.0376. The quantitative estimate of drug-likeness (QED) is 0.312. The number of ketones is 1. The minimum absolute atomic E-state index is 0.0376. The fourth-order valence-corrected chi connectivity index (χ4v) is 3.20. The van der Waals surface area contributed by atoms with Gasteiger partial charge in [-0.15, -0.1) is 0 Å². The molecular weight excluding hydrogens is 364 g/mol. The molecule has 0 unspecified atom stereocenters. The molecule has 1 aromatic heterocycles. The van der Waals surface area contributed by atoms with Crippen molar-refractivity contribution in [2.24, 2.45) is 0 Å². The van der Waals surface area contributed by atoms with E-state index < -0.39 is 0 Å². The van der Waals surface area contributed by atoms with Crippen molar-refractivity contribution >= 4 is 49.7 Å². The Morgan fingerprint density at radius 3 is 2.58 bits per heavy atom. The number of rotatable bonds is 3. The molecular formula is C21H13BrO2. The van der Waals surface area contributed by atoms with Gasteiger partial charge in [-0.2, -0.15) is 0 Å². The Morgan fingerprint density at radius 2 is 1.71 bits per heavy atom. The molecule has 3 aromatic carbocycles. The number of para-hydroxylation sites is 2. The first-order valence-corrected chi connectivity index (χ1v) is 8.40. The second-order valence-electron chi connectivity index (χ2n) is 5.53. The van der Waals surface area contributed by atoms with Crippen LogP contribution in [0.4, 0.5) is 0 Å². The molecule has 4 rings (SSSR count). The predicted octanol–water partition coefficient (Wildman–Crippen LogP) is 6.24. The van der Waals surface area contributed by atoms with E-state index in [9.17, 15) is 4.79 Å². The van der Waals surface area contributed by atoms with E-state index in [2.05, 4.69) is 15.9 Å². The van der Waals surface area contributed by atoms with Gasteiger partial charge in [0.05, 0.1) is 0 Å². The molecule has 0 fully saturated rings. The van der Waals surface area contributed by atoms with Gasteiger partial charge in [0, 0.05) is 26.4 Å². The summed E-state index contributed by atoms with van der Waals surface area (Å²) >= 11 is 3.39. The summed E-state index contributed by atoms with van der Waals surface area (Å²) < 4.78 is 6.86. The zero-order valence-electron chi connectivity index (χ0n) is 12.7. The van der Waals surface area contributed by atoms with Crippen LogP contribution in [0.2, 0.25) is 0 Å². The van der Waals surface area contributed by atoms with Gasteiger partial charge in [0.25, 0.3) is 0 Å². The maximum Gasteiger partial charge on any atom is 0.185 e. The smallest absolute Gasteiger partial charge is 0.185 e. The van der Waals surface area contributed by atoms with E-state index in [1.54, 1.807) is 12.1 Å². The van der Waals surface area contributed by atoms with Crippen LogP contribution in [0.1, 0.15) is 15.9 Å². The van der Waals surface area contributed by atoms with Crippen LogP contribution in [0.15, 0.2) is 81.7 Å². The zero-order valence-corrected chi connectivity index (χ0v) is 14.3. The molecule has 24 heavy (non-hydrogen) atoms. The Kier molecular flexibility index (Phi) is 3.79. The van der Waals surface area contributed by atoms with Crippen LogP contribution in [-0.4, -0.2) is 5.78 Å². The van der Waals surface area contributed by atoms with E-state index in [4.69, 9.17) is 4.42 Å². The Bertz CT molecular complexity index is 1090. The van der Waals surface area contributed by atoms with Gasteiger partial charge in [0.15, 0.2) is 5.78 Å². The largest absolute Gasteiger partial charge is 0.455 e. The number of hydrogen-bond donors (Lipinski definition) is 0. The lowest BCUT2D eigenvalue weighted by atomic mass is 10.1. The third kappa shape index (κ3) is 2.68. The number of carbonyl (C=O) groups is 1. The average molecular weight is 377 g/mol. The molecule has 0 aliphatic rings. The monoisotopic (exact) mass is 376 g/mol. The van der Waals surface area contributed by atoms with Gasteiger partial charge in [-0.25, -0.2) is 0 Å². The molecule has 2 nitrogen and oxygen atoms in total. The topological polar surface area (TPSA) is 30.2 Å². The van der Waals surface area contributed by atoms with Crippen molar-refractivity contribution < 1.29 is 9.21 Å². The summed E-state index contributed by atoms with van der Waals surface area (Å²) in [4.78, 5) is 12.3. The molecule has 0 saturated heterocycles. The first-order valence-electron chi connectivity index (χ1n) is 7.60. The third-order valence-corrected chi connectivity index (χ3v) is 4.45. The molecule has 0 amide bonds. The zero-order chi connectivity index (χ0) is 16.5. The third-order valence-electron chi connectivity index (χ3n) is 3.96. The van der Waals surface area contributed by atoms with E-state index in [-0.39, 0.29) is 5.78 Å². The Morgan fingerprint density at radius 1 is 0.917 bits per heavy atom. The molecule has 0 radical (unpaired) electrons. The van der Waals surface area contributed by atoms with Gasteiger partial charge in [-0.1, -0.05) is 64.5 Å². The second-order valence-corrected chi connectivity index (χ2v) is 6.45. The lowest BCUT2D eigenvalue weighted by Crippen LogP contribution is -1.93. The molecule has 3 heteroatoms. The fraction of sp³-hybridized carbons (Fsp3) is 0. The average Bonchev–Trinajstić information content (AvgIpc) is 2.99.